The second kappa shape index (κ2) is 13.6. The van der Waals surface area contributed by atoms with Crippen molar-refractivity contribution >= 4 is 35.1 Å². The van der Waals surface area contributed by atoms with Gasteiger partial charge in [-0.3, -0.25) is 9.69 Å². The molecule has 1 aliphatic heterocycles. The fraction of sp³-hybridized carbons (Fsp3) is 0.258. The van der Waals surface area contributed by atoms with E-state index in [9.17, 15) is 18.0 Å². The number of anilines is 1. The Balaban J connectivity index is 1.12. The molecular formula is C31H29ClF3N5OS. The van der Waals surface area contributed by atoms with Crippen LogP contribution < -0.4 is 10.2 Å². The molecule has 1 fully saturated rings. The Morgan fingerprint density at radius 2 is 1.57 bits per heavy atom. The van der Waals surface area contributed by atoms with E-state index in [0.29, 0.717) is 27.2 Å². The molecule has 2 heterocycles. The van der Waals surface area contributed by atoms with Gasteiger partial charge in [0.25, 0.3) is 5.91 Å². The Labute approximate surface area is 251 Å². The molecule has 11 heteroatoms. The molecule has 0 bridgehead atoms. The molecule has 0 atom stereocenters. The molecule has 1 amide bonds. The molecule has 0 saturated carbocycles. The number of halogens is 4. The fourth-order valence-electron chi connectivity index (χ4n) is 4.63. The lowest BCUT2D eigenvalue weighted by atomic mass is 10.1. The molecule has 42 heavy (non-hydrogen) atoms. The van der Waals surface area contributed by atoms with Crippen LogP contribution in [0.3, 0.4) is 0 Å². The predicted molar refractivity (Wildman–Crippen MR) is 160 cm³/mol. The van der Waals surface area contributed by atoms with Crippen LogP contribution in [0, 0.1) is 0 Å². The highest BCUT2D eigenvalue weighted by Crippen LogP contribution is 2.29. The summed E-state index contributed by atoms with van der Waals surface area (Å²) in [6, 6.07) is 24.2. The summed E-state index contributed by atoms with van der Waals surface area (Å²) in [5.74, 6) is 1.03. The molecular weight excluding hydrogens is 583 g/mol. The normalized spacial score (nSPS) is 14.1. The molecule has 0 unspecified atom stereocenters. The van der Waals surface area contributed by atoms with E-state index < -0.39 is 11.7 Å². The average Bonchev–Trinajstić information content (AvgIpc) is 2.99. The van der Waals surface area contributed by atoms with Crippen LogP contribution in [0.4, 0.5) is 19.0 Å². The van der Waals surface area contributed by atoms with E-state index in [0.717, 1.165) is 56.2 Å². The number of piperazine rings is 1. The number of thioether (sulfide) groups is 1. The first-order valence-corrected chi connectivity index (χ1v) is 14.8. The van der Waals surface area contributed by atoms with Gasteiger partial charge in [-0.25, -0.2) is 9.97 Å². The van der Waals surface area contributed by atoms with Crippen LogP contribution in [0.5, 0.6) is 0 Å². The molecule has 4 aromatic rings. The molecule has 218 valence electrons. The van der Waals surface area contributed by atoms with E-state index in [1.54, 1.807) is 24.3 Å². The third-order valence-corrected chi connectivity index (χ3v) is 8.01. The van der Waals surface area contributed by atoms with Gasteiger partial charge in [0.15, 0.2) is 5.16 Å². The Kier molecular flexibility index (Phi) is 9.66. The molecule has 1 aliphatic rings. The molecule has 0 aliphatic carbocycles. The average molecular weight is 612 g/mol. The van der Waals surface area contributed by atoms with Crippen molar-refractivity contribution in [1.29, 1.82) is 0 Å². The lowest BCUT2D eigenvalue weighted by Crippen LogP contribution is -2.46. The molecule has 5 rings (SSSR count). The van der Waals surface area contributed by atoms with Crippen LogP contribution in [0.1, 0.15) is 32.6 Å². The quantitative estimate of drug-likeness (QED) is 0.129. The highest BCUT2D eigenvalue weighted by atomic mass is 35.5. The number of rotatable bonds is 9. The van der Waals surface area contributed by atoms with Gasteiger partial charge in [-0.15, -0.1) is 0 Å². The van der Waals surface area contributed by atoms with Crippen LogP contribution in [0.2, 0.25) is 5.15 Å². The number of nitrogens with one attached hydrogen (secondary N) is 1. The van der Waals surface area contributed by atoms with Gasteiger partial charge < -0.3 is 10.2 Å². The summed E-state index contributed by atoms with van der Waals surface area (Å²) in [6.45, 7) is 4.48. The maximum absolute atomic E-state index is 12.9. The molecule has 1 aromatic heterocycles. The summed E-state index contributed by atoms with van der Waals surface area (Å²) in [5.41, 5.74) is 2.32. The summed E-state index contributed by atoms with van der Waals surface area (Å²) in [6.07, 6.45) is -4.43. The summed E-state index contributed by atoms with van der Waals surface area (Å²) in [4.78, 5) is 26.3. The van der Waals surface area contributed by atoms with Gasteiger partial charge in [-0.05, 0) is 41.0 Å². The van der Waals surface area contributed by atoms with Gasteiger partial charge in [0.1, 0.15) is 11.0 Å². The van der Waals surface area contributed by atoms with Crippen molar-refractivity contribution in [3.8, 4) is 0 Å². The maximum atomic E-state index is 12.9. The lowest BCUT2D eigenvalue weighted by molar-refractivity contribution is -0.137. The minimum absolute atomic E-state index is 0.00310. The Morgan fingerprint density at radius 1 is 0.857 bits per heavy atom. The number of nitrogens with zero attached hydrogens (tertiary/aromatic N) is 4. The van der Waals surface area contributed by atoms with Gasteiger partial charge in [0.2, 0.25) is 0 Å². The number of hydrogen-bond acceptors (Lipinski definition) is 6. The number of aromatic nitrogens is 2. The third-order valence-electron chi connectivity index (χ3n) is 6.90. The van der Waals surface area contributed by atoms with Gasteiger partial charge in [-0.1, -0.05) is 78.0 Å². The second-order valence-corrected chi connectivity index (χ2v) is 11.3. The van der Waals surface area contributed by atoms with Crippen LogP contribution in [-0.2, 0) is 25.0 Å². The molecule has 6 nitrogen and oxygen atoms in total. The number of alkyl halides is 3. The fourth-order valence-corrected chi connectivity index (χ4v) is 5.67. The van der Waals surface area contributed by atoms with Crippen LogP contribution in [0.15, 0.2) is 90.1 Å². The number of benzene rings is 3. The zero-order chi connectivity index (χ0) is 29.5. The van der Waals surface area contributed by atoms with Crippen molar-refractivity contribution in [2.75, 3.05) is 31.1 Å². The molecule has 0 spiro atoms. The largest absolute Gasteiger partial charge is 0.416 e. The van der Waals surface area contributed by atoms with E-state index >= 15 is 0 Å². The van der Waals surface area contributed by atoms with Crippen LogP contribution in [-0.4, -0.2) is 47.0 Å². The summed E-state index contributed by atoms with van der Waals surface area (Å²) >= 11 is 7.80. The van der Waals surface area contributed by atoms with Crippen molar-refractivity contribution in [2.45, 2.75) is 30.2 Å². The zero-order valence-electron chi connectivity index (χ0n) is 22.6. The van der Waals surface area contributed by atoms with Gasteiger partial charge >= 0.3 is 6.18 Å². The minimum atomic E-state index is -4.43. The van der Waals surface area contributed by atoms with E-state index in [4.69, 9.17) is 16.6 Å². The summed E-state index contributed by atoms with van der Waals surface area (Å²) in [5, 5.41) is 3.64. The summed E-state index contributed by atoms with van der Waals surface area (Å²) < 4.78 is 38.8. The van der Waals surface area contributed by atoms with E-state index in [2.05, 4.69) is 44.4 Å². The van der Waals surface area contributed by atoms with Crippen molar-refractivity contribution < 1.29 is 18.0 Å². The molecule has 1 saturated heterocycles. The van der Waals surface area contributed by atoms with Crippen LogP contribution in [0.25, 0.3) is 0 Å². The molecule has 0 radical (unpaired) electrons. The minimum Gasteiger partial charge on any atom is -0.354 e. The summed E-state index contributed by atoms with van der Waals surface area (Å²) in [7, 11) is 0. The Hall–Kier alpha value is -3.60. The number of carbonyl (C=O) groups excluding carboxylic acids is 1. The van der Waals surface area contributed by atoms with Crippen LogP contribution >= 0.6 is 23.4 Å². The monoisotopic (exact) mass is 611 g/mol. The van der Waals surface area contributed by atoms with Gasteiger partial charge in [-0.2, -0.15) is 13.2 Å². The van der Waals surface area contributed by atoms with Crippen molar-refractivity contribution in [3.63, 3.8) is 0 Å². The Morgan fingerprint density at radius 3 is 2.29 bits per heavy atom. The standard InChI is InChI=1S/C31H29ClF3N5OS/c32-27-18-28(40-15-13-39(14-16-40)20-22-5-2-1-3-6-22)38-30(37-27)42-21-23-9-11-25(12-10-23)29(41)36-19-24-7-4-8-26(17-24)31(33,34)35/h1-12,17-18H,13-16,19-21H2,(H,36,41). The van der Waals surface area contributed by atoms with Gasteiger partial charge in [0.05, 0.1) is 5.56 Å². The predicted octanol–water partition coefficient (Wildman–Crippen LogP) is 6.69. The number of hydrogen-bond donors (Lipinski definition) is 1. The zero-order valence-corrected chi connectivity index (χ0v) is 24.2. The van der Waals surface area contributed by atoms with Crippen molar-refractivity contribution in [1.82, 2.24) is 20.2 Å². The second-order valence-electron chi connectivity index (χ2n) is 9.95. The van der Waals surface area contributed by atoms with Crippen molar-refractivity contribution in [2.24, 2.45) is 0 Å². The Bertz CT molecular complexity index is 1500. The lowest BCUT2D eigenvalue weighted by Gasteiger charge is -2.35. The topological polar surface area (TPSA) is 61.4 Å². The number of carbonyl (C=O) groups is 1. The van der Waals surface area contributed by atoms with E-state index in [1.807, 2.05) is 18.2 Å². The first-order valence-electron chi connectivity index (χ1n) is 13.4. The SMILES string of the molecule is O=C(NCc1cccc(C(F)(F)F)c1)c1ccc(CSc2nc(Cl)cc(N3CCN(Cc4ccccc4)CC3)n2)cc1. The first-order chi connectivity index (χ1) is 20.2. The molecule has 1 N–H and O–H groups in total. The molecule has 3 aromatic carbocycles. The van der Waals surface area contributed by atoms with E-state index in [1.165, 1.54) is 23.4 Å². The highest BCUT2D eigenvalue weighted by Gasteiger charge is 2.30. The smallest absolute Gasteiger partial charge is 0.354 e. The van der Waals surface area contributed by atoms with Gasteiger partial charge in [0, 0.05) is 56.7 Å². The van der Waals surface area contributed by atoms with E-state index in [-0.39, 0.29) is 12.5 Å². The first kappa shape index (κ1) is 29.9. The highest BCUT2D eigenvalue weighted by molar-refractivity contribution is 7.98. The third kappa shape index (κ3) is 8.24. The maximum Gasteiger partial charge on any atom is 0.416 e. The van der Waals surface area contributed by atoms with Crippen molar-refractivity contribution in [3.05, 3.63) is 118 Å². The number of amides is 1.